The molecule has 0 unspecified atom stereocenters. The van der Waals surface area contributed by atoms with Crippen LogP contribution in [0.2, 0.25) is 0 Å². The van der Waals surface area contributed by atoms with Gasteiger partial charge in [-0.3, -0.25) is 4.79 Å². The normalized spacial score (nSPS) is 11.8. The number of hydrogen-bond acceptors (Lipinski definition) is 3. The highest BCUT2D eigenvalue weighted by Gasteiger charge is 2.26. The van der Waals surface area contributed by atoms with E-state index in [2.05, 4.69) is 119 Å². The third-order valence-electron chi connectivity index (χ3n) is 9.45. The average Bonchev–Trinajstić information content (AvgIpc) is 4.01. The first-order valence-corrected chi connectivity index (χ1v) is 17.5. The van der Waals surface area contributed by atoms with Crippen molar-refractivity contribution in [3.05, 3.63) is 181 Å². The Balaban J connectivity index is 1.60. The number of carbonyl (C=O) groups excluding carboxylic acids is 1. The molecule has 0 saturated heterocycles. The first-order chi connectivity index (χ1) is 26.1. The number of H-pyrrole nitrogens is 1. The fourth-order valence-corrected chi connectivity index (χ4v) is 7.18. The number of nitrogens with one attached hydrogen (secondary N) is 2. The van der Waals surface area contributed by atoms with Crippen molar-refractivity contribution in [2.45, 2.75) is 0 Å². The zero-order chi connectivity index (χ0) is 35.7. The molecule has 2 aliphatic rings. The van der Waals surface area contributed by atoms with E-state index in [0.29, 0.717) is 5.69 Å². The van der Waals surface area contributed by atoms with Gasteiger partial charge in [0.1, 0.15) is 0 Å². The molecule has 0 radical (unpaired) electrons. The van der Waals surface area contributed by atoms with Crippen molar-refractivity contribution in [2.75, 3.05) is 5.32 Å². The third kappa shape index (κ3) is 5.98. The van der Waals surface area contributed by atoms with Crippen LogP contribution >= 0.6 is 0 Å². The minimum Gasteiger partial charge on any atom is -0.355 e. The zero-order valence-corrected chi connectivity index (χ0v) is 28.7. The first kappa shape index (κ1) is 31.7. The number of benzene rings is 4. The number of hydrogen-bond donors (Lipinski definition) is 2. The molecule has 2 N–H and O–H groups in total. The summed E-state index contributed by atoms with van der Waals surface area (Å²) in [5, 5.41) is 3.09. The van der Waals surface area contributed by atoms with Gasteiger partial charge in [-0.25, -0.2) is 9.97 Å². The van der Waals surface area contributed by atoms with Crippen molar-refractivity contribution in [3.8, 4) is 39.1 Å². The summed E-state index contributed by atoms with van der Waals surface area (Å²) >= 11 is 0. The van der Waals surface area contributed by atoms with Gasteiger partial charge in [-0.1, -0.05) is 104 Å². The maximum Gasteiger partial charge on any atom is 0.247 e. The molecule has 0 spiro atoms. The smallest absolute Gasteiger partial charge is 0.247 e. The highest BCUT2D eigenvalue weighted by Crippen LogP contribution is 2.48. The van der Waals surface area contributed by atoms with Gasteiger partial charge in [-0.05, 0) is 90.0 Å². The van der Waals surface area contributed by atoms with Gasteiger partial charge in [0.2, 0.25) is 5.91 Å². The van der Waals surface area contributed by atoms with Crippen LogP contribution in [0, 0.1) is 0 Å². The summed E-state index contributed by atoms with van der Waals surface area (Å²) in [5.74, 6) is -0.297. The second kappa shape index (κ2) is 13.4. The SMILES string of the molecule is C=CC(=O)Nc1ccccc1-c1c2nc(cc3ccc(cc4nc(cc5c(-c6ccccc6)c(-c6ccccc6)c1n5-c1ccccc1)C=C4)[nH]3)C=C2. The lowest BCUT2D eigenvalue weighted by Gasteiger charge is -2.16. The summed E-state index contributed by atoms with van der Waals surface area (Å²) in [5.41, 5.74) is 14.4. The van der Waals surface area contributed by atoms with Crippen LogP contribution in [0.4, 0.5) is 5.69 Å². The van der Waals surface area contributed by atoms with Gasteiger partial charge in [-0.15, -0.1) is 0 Å². The summed E-state index contributed by atoms with van der Waals surface area (Å²) < 4.78 is 2.32. The molecule has 7 aromatic rings. The van der Waals surface area contributed by atoms with Crippen LogP contribution < -0.4 is 5.32 Å². The van der Waals surface area contributed by atoms with Crippen LogP contribution in [-0.4, -0.2) is 25.4 Å². The molecule has 53 heavy (non-hydrogen) atoms. The van der Waals surface area contributed by atoms with Gasteiger partial charge in [0.25, 0.3) is 0 Å². The van der Waals surface area contributed by atoms with Gasteiger partial charge in [0.05, 0.1) is 33.8 Å². The molecular formula is C47H33N5O. The second-order valence-electron chi connectivity index (χ2n) is 12.9. The molecule has 0 fully saturated rings. The summed E-state index contributed by atoms with van der Waals surface area (Å²) in [6.45, 7) is 3.73. The number of anilines is 1. The largest absolute Gasteiger partial charge is 0.355 e. The van der Waals surface area contributed by atoms with E-state index in [0.717, 1.165) is 83.9 Å². The number of aromatic amines is 1. The van der Waals surface area contributed by atoms with Crippen LogP contribution in [0.5, 0.6) is 0 Å². The van der Waals surface area contributed by atoms with Crippen molar-refractivity contribution in [2.24, 2.45) is 0 Å². The van der Waals surface area contributed by atoms with E-state index in [4.69, 9.17) is 9.97 Å². The number of carbonyl (C=O) groups is 1. The Bertz CT molecular complexity index is 2770. The number of amides is 1. The van der Waals surface area contributed by atoms with Crippen LogP contribution in [0.25, 0.3) is 85.4 Å². The molecule has 6 heteroatoms. The second-order valence-corrected chi connectivity index (χ2v) is 12.9. The molecule has 5 heterocycles. The molecular weight excluding hydrogens is 651 g/mol. The van der Waals surface area contributed by atoms with E-state index < -0.39 is 0 Å². The van der Waals surface area contributed by atoms with Crippen LogP contribution in [0.15, 0.2) is 158 Å². The summed E-state index contributed by atoms with van der Waals surface area (Å²) in [6, 6.07) is 49.7. The highest BCUT2D eigenvalue weighted by atomic mass is 16.1. The number of fused-ring (bicyclic) bond motifs is 8. The summed E-state index contributed by atoms with van der Waals surface area (Å²) in [6.07, 6.45) is 9.51. The van der Waals surface area contributed by atoms with Crippen LogP contribution in [-0.2, 0) is 4.79 Å². The molecule has 8 bridgehead atoms. The number of rotatable bonds is 6. The van der Waals surface area contributed by atoms with E-state index in [1.165, 1.54) is 6.08 Å². The van der Waals surface area contributed by atoms with E-state index >= 15 is 0 Å². The molecule has 6 nitrogen and oxygen atoms in total. The number of nitrogens with zero attached hydrogens (tertiary/aromatic N) is 3. The van der Waals surface area contributed by atoms with Crippen molar-refractivity contribution in [3.63, 3.8) is 0 Å². The van der Waals surface area contributed by atoms with Gasteiger partial charge >= 0.3 is 0 Å². The van der Waals surface area contributed by atoms with Gasteiger partial charge in [-0.2, -0.15) is 0 Å². The predicted octanol–water partition coefficient (Wildman–Crippen LogP) is 11.2. The Morgan fingerprint density at radius 3 is 1.85 bits per heavy atom. The van der Waals surface area contributed by atoms with Crippen LogP contribution in [0.3, 0.4) is 0 Å². The minimum absolute atomic E-state index is 0.297. The zero-order valence-electron chi connectivity index (χ0n) is 28.7. The van der Waals surface area contributed by atoms with Crippen molar-refractivity contribution in [1.82, 2.24) is 19.5 Å². The van der Waals surface area contributed by atoms with Gasteiger partial charge in [0.15, 0.2) is 0 Å². The lowest BCUT2D eigenvalue weighted by Crippen LogP contribution is -2.08. The summed E-state index contributed by atoms with van der Waals surface area (Å²) in [7, 11) is 0. The predicted molar refractivity (Wildman–Crippen MR) is 219 cm³/mol. The van der Waals surface area contributed by atoms with E-state index in [1.54, 1.807) is 0 Å². The lowest BCUT2D eigenvalue weighted by molar-refractivity contribution is -0.111. The van der Waals surface area contributed by atoms with Crippen LogP contribution in [0.1, 0.15) is 22.8 Å². The molecule has 1 amide bonds. The Kier molecular flexibility index (Phi) is 8.02. The average molecular weight is 684 g/mol. The molecule has 252 valence electrons. The minimum atomic E-state index is -0.297. The Morgan fingerprint density at radius 1 is 0.604 bits per heavy atom. The fourth-order valence-electron chi connectivity index (χ4n) is 7.18. The standard InChI is InChI=1S/C47H33N5O/c1-2-43(53)51-40-21-13-12-20-39(40)46-41-27-26-36(50-41)29-35-23-22-33(48-35)28-34-24-25-37(49-34)30-42-44(31-14-6-3-7-15-31)45(32-16-8-4-9-17-32)47(46)52(42)38-18-10-5-11-19-38/h2-30,48H,1H2,(H,51,53). The molecule has 0 saturated carbocycles. The van der Waals surface area contributed by atoms with E-state index in [9.17, 15) is 4.79 Å². The molecule has 3 aromatic heterocycles. The van der Waals surface area contributed by atoms with Crippen molar-refractivity contribution >= 4 is 58.0 Å². The van der Waals surface area contributed by atoms with Crippen molar-refractivity contribution < 1.29 is 4.79 Å². The first-order valence-electron chi connectivity index (χ1n) is 17.5. The number of para-hydroxylation sites is 2. The Hall–Kier alpha value is -7.31. The molecule has 9 rings (SSSR count). The lowest BCUT2D eigenvalue weighted by atomic mass is 9.92. The van der Waals surface area contributed by atoms with E-state index in [-0.39, 0.29) is 5.91 Å². The Labute approximate surface area is 306 Å². The maximum absolute atomic E-state index is 13.0. The quantitative estimate of drug-likeness (QED) is 0.171. The summed E-state index contributed by atoms with van der Waals surface area (Å²) in [4.78, 5) is 26.8. The Morgan fingerprint density at radius 2 is 1.17 bits per heavy atom. The molecule has 0 aliphatic carbocycles. The third-order valence-corrected chi connectivity index (χ3v) is 9.45. The van der Waals surface area contributed by atoms with Gasteiger partial charge < -0.3 is 14.9 Å². The monoisotopic (exact) mass is 683 g/mol. The molecule has 4 aromatic carbocycles. The van der Waals surface area contributed by atoms with E-state index in [1.807, 2.05) is 72.8 Å². The fraction of sp³-hybridized carbons (Fsp3) is 0. The van der Waals surface area contributed by atoms with Crippen molar-refractivity contribution in [1.29, 1.82) is 0 Å². The topological polar surface area (TPSA) is 75.6 Å². The number of aromatic nitrogens is 4. The molecule has 2 aliphatic heterocycles. The van der Waals surface area contributed by atoms with Gasteiger partial charge in [0, 0.05) is 44.7 Å². The highest BCUT2D eigenvalue weighted by molar-refractivity contribution is 6.12. The maximum atomic E-state index is 13.0. The molecule has 0 atom stereocenters.